The van der Waals surface area contributed by atoms with E-state index in [2.05, 4.69) is 5.32 Å². The first-order valence-corrected chi connectivity index (χ1v) is 9.51. The van der Waals surface area contributed by atoms with Crippen LogP contribution in [0.2, 0.25) is 20.1 Å². The molecule has 0 radical (unpaired) electrons. The van der Waals surface area contributed by atoms with Crippen molar-refractivity contribution >= 4 is 52.1 Å². The summed E-state index contributed by atoms with van der Waals surface area (Å²) in [4.78, 5) is 0. The fourth-order valence-corrected chi connectivity index (χ4v) is 3.33. The maximum atomic E-state index is 9.59. The second-order valence-corrected chi connectivity index (χ2v) is 7.47. The smallest absolute Gasteiger partial charge is 0.152 e. The Hall–Kier alpha value is -1.78. The van der Waals surface area contributed by atoms with Gasteiger partial charge in [-0.25, -0.2) is 0 Å². The van der Waals surface area contributed by atoms with Crippen LogP contribution in [0, 0.1) is 0 Å². The molecule has 0 atom stereocenters. The van der Waals surface area contributed by atoms with Crippen LogP contribution in [0.4, 0.5) is 5.69 Å². The quantitative estimate of drug-likeness (QED) is 0.396. The average Bonchev–Trinajstić information content (AvgIpc) is 2.64. The first-order chi connectivity index (χ1) is 12.9. The monoisotopic (exact) mass is 441 g/mol. The van der Waals surface area contributed by atoms with Crippen molar-refractivity contribution < 1.29 is 9.84 Å². The fraction of sp³-hybridized carbons (Fsp3) is 0.100. The van der Waals surface area contributed by atoms with Crippen molar-refractivity contribution in [3.05, 3.63) is 85.8 Å². The lowest BCUT2D eigenvalue weighted by atomic mass is 10.2. The molecule has 3 aromatic rings. The topological polar surface area (TPSA) is 41.5 Å². The standard InChI is InChI=1S/C20H15Cl4NO2/c21-14-4-3-13(17(22)7-14)11-27-16-5-1-12(2-6-16)10-25-15-8-18(23)20(26)19(24)9-15/h1-9,25-26H,10-11H2. The van der Waals surface area contributed by atoms with Gasteiger partial charge >= 0.3 is 0 Å². The average molecular weight is 443 g/mol. The minimum atomic E-state index is -0.119. The number of aromatic hydroxyl groups is 1. The van der Waals surface area contributed by atoms with E-state index in [1.165, 1.54) is 0 Å². The maximum Gasteiger partial charge on any atom is 0.152 e. The summed E-state index contributed by atoms with van der Waals surface area (Å²) in [6.07, 6.45) is 0. The number of phenolic OH excluding ortho intramolecular Hbond substituents is 1. The van der Waals surface area contributed by atoms with Gasteiger partial charge in [-0.2, -0.15) is 0 Å². The largest absolute Gasteiger partial charge is 0.505 e. The van der Waals surface area contributed by atoms with E-state index in [0.29, 0.717) is 23.2 Å². The molecule has 140 valence electrons. The molecule has 0 fully saturated rings. The number of halogens is 4. The molecule has 0 aliphatic carbocycles. The third-order valence-corrected chi connectivity index (χ3v) is 5.01. The molecule has 2 N–H and O–H groups in total. The van der Waals surface area contributed by atoms with Gasteiger partial charge < -0.3 is 15.2 Å². The second-order valence-electron chi connectivity index (χ2n) is 5.81. The number of anilines is 1. The van der Waals surface area contributed by atoms with Crippen molar-refractivity contribution in [2.75, 3.05) is 5.32 Å². The van der Waals surface area contributed by atoms with Crippen molar-refractivity contribution in [2.24, 2.45) is 0 Å². The summed E-state index contributed by atoms with van der Waals surface area (Å²) in [6.45, 7) is 0.929. The van der Waals surface area contributed by atoms with E-state index in [9.17, 15) is 5.11 Å². The van der Waals surface area contributed by atoms with Gasteiger partial charge in [0.05, 0.1) is 10.0 Å². The Morgan fingerprint density at radius 1 is 0.815 bits per heavy atom. The van der Waals surface area contributed by atoms with Gasteiger partial charge in [0.25, 0.3) is 0 Å². The first kappa shape index (κ1) is 20.0. The van der Waals surface area contributed by atoms with Gasteiger partial charge in [0.2, 0.25) is 0 Å². The molecule has 3 rings (SSSR count). The first-order valence-electron chi connectivity index (χ1n) is 8.00. The van der Waals surface area contributed by atoms with Crippen LogP contribution in [0.25, 0.3) is 0 Å². The predicted octanol–water partition coefficient (Wildman–Crippen LogP) is 7.20. The molecular weight excluding hydrogens is 428 g/mol. The molecule has 7 heteroatoms. The lowest BCUT2D eigenvalue weighted by Gasteiger charge is -2.11. The van der Waals surface area contributed by atoms with Gasteiger partial charge in [0.1, 0.15) is 12.4 Å². The van der Waals surface area contributed by atoms with E-state index in [-0.39, 0.29) is 15.8 Å². The molecule has 0 amide bonds. The molecule has 0 heterocycles. The summed E-state index contributed by atoms with van der Waals surface area (Å²) in [5, 5.41) is 14.4. The molecule has 0 aromatic heterocycles. The lowest BCUT2D eigenvalue weighted by Crippen LogP contribution is -2.00. The number of phenols is 1. The third kappa shape index (κ3) is 5.36. The highest BCUT2D eigenvalue weighted by Crippen LogP contribution is 2.34. The third-order valence-electron chi connectivity index (χ3n) is 3.85. The number of rotatable bonds is 6. The van der Waals surface area contributed by atoms with Gasteiger partial charge in [-0.15, -0.1) is 0 Å². The number of nitrogens with one attached hydrogen (secondary N) is 1. The van der Waals surface area contributed by atoms with Crippen LogP contribution in [0.5, 0.6) is 11.5 Å². The Morgan fingerprint density at radius 2 is 1.48 bits per heavy atom. The summed E-state index contributed by atoms with van der Waals surface area (Å²) in [5.41, 5.74) is 2.64. The van der Waals surface area contributed by atoms with Crippen LogP contribution in [0.15, 0.2) is 54.6 Å². The molecule has 0 saturated heterocycles. The van der Waals surface area contributed by atoms with Crippen molar-refractivity contribution in [1.82, 2.24) is 0 Å². The molecule has 3 nitrogen and oxygen atoms in total. The maximum absolute atomic E-state index is 9.59. The Bertz CT molecular complexity index is 922. The second kappa shape index (κ2) is 8.94. The Morgan fingerprint density at radius 3 is 2.11 bits per heavy atom. The van der Waals surface area contributed by atoms with E-state index in [0.717, 1.165) is 22.6 Å². The van der Waals surface area contributed by atoms with Crippen LogP contribution >= 0.6 is 46.4 Å². The Labute approximate surface area is 177 Å². The van der Waals surface area contributed by atoms with Crippen LogP contribution in [-0.2, 0) is 13.2 Å². The molecule has 0 bridgehead atoms. The minimum Gasteiger partial charge on any atom is -0.505 e. The van der Waals surface area contributed by atoms with Crippen LogP contribution in [0.3, 0.4) is 0 Å². The van der Waals surface area contributed by atoms with Crippen LogP contribution in [-0.4, -0.2) is 5.11 Å². The van der Waals surface area contributed by atoms with E-state index < -0.39 is 0 Å². The zero-order valence-corrected chi connectivity index (χ0v) is 17.0. The summed E-state index contributed by atoms with van der Waals surface area (Å²) < 4.78 is 5.76. The SMILES string of the molecule is Oc1c(Cl)cc(NCc2ccc(OCc3ccc(Cl)cc3Cl)cc2)cc1Cl. The van der Waals surface area contributed by atoms with Crippen LogP contribution in [0.1, 0.15) is 11.1 Å². The number of hydrogen-bond acceptors (Lipinski definition) is 3. The summed E-state index contributed by atoms with van der Waals surface area (Å²) >= 11 is 23.9. The fourth-order valence-electron chi connectivity index (χ4n) is 2.38. The highest BCUT2D eigenvalue weighted by atomic mass is 35.5. The highest BCUT2D eigenvalue weighted by molar-refractivity contribution is 6.37. The molecule has 0 spiro atoms. The molecule has 0 unspecified atom stereocenters. The summed E-state index contributed by atoms with van der Waals surface area (Å²) in [7, 11) is 0. The zero-order valence-electron chi connectivity index (χ0n) is 14.0. The van der Waals surface area contributed by atoms with Gasteiger partial charge in [-0.05, 0) is 42.0 Å². The van der Waals surface area contributed by atoms with Crippen molar-refractivity contribution in [3.8, 4) is 11.5 Å². The number of hydrogen-bond donors (Lipinski definition) is 2. The van der Waals surface area contributed by atoms with Gasteiger partial charge in [0.15, 0.2) is 5.75 Å². The lowest BCUT2D eigenvalue weighted by molar-refractivity contribution is 0.306. The predicted molar refractivity (Wildman–Crippen MR) is 113 cm³/mol. The van der Waals surface area contributed by atoms with E-state index in [1.54, 1.807) is 24.3 Å². The normalized spacial score (nSPS) is 10.7. The van der Waals surface area contributed by atoms with Gasteiger partial charge in [-0.3, -0.25) is 0 Å². The van der Waals surface area contributed by atoms with Crippen molar-refractivity contribution in [1.29, 1.82) is 0 Å². The Kier molecular flexibility index (Phi) is 6.61. The molecule has 0 aliphatic heterocycles. The summed E-state index contributed by atoms with van der Waals surface area (Å²) in [6, 6.07) is 16.2. The Balaban J connectivity index is 1.57. The molecule has 0 saturated carbocycles. The minimum absolute atomic E-state index is 0.119. The van der Waals surface area contributed by atoms with Gasteiger partial charge in [-0.1, -0.05) is 64.6 Å². The zero-order chi connectivity index (χ0) is 19.4. The van der Waals surface area contributed by atoms with E-state index in [4.69, 9.17) is 51.1 Å². The van der Waals surface area contributed by atoms with Crippen LogP contribution < -0.4 is 10.1 Å². The molecule has 27 heavy (non-hydrogen) atoms. The van der Waals surface area contributed by atoms with Crippen molar-refractivity contribution in [2.45, 2.75) is 13.2 Å². The molecule has 3 aromatic carbocycles. The number of ether oxygens (including phenoxy) is 1. The molecule has 0 aliphatic rings. The van der Waals surface area contributed by atoms with Gasteiger partial charge in [0, 0.05) is 27.8 Å². The summed E-state index contributed by atoms with van der Waals surface area (Å²) in [5.74, 6) is 0.617. The van der Waals surface area contributed by atoms with E-state index >= 15 is 0 Å². The van der Waals surface area contributed by atoms with E-state index in [1.807, 2.05) is 30.3 Å². The highest BCUT2D eigenvalue weighted by Gasteiger charge is 2.07. The van der Waals surface area contributed by atoms with Crippen molar-refractivity contribution in [3.63, 3.8) is 0 Å². The number of benzene rings is 3. The molecular formula is C20H15Cl4NO2.